The highest BCUT2D eigenvalue weighted by Crippen LogP contribution is 2.26. The molecular formula is C17H20N4O2. The summed E-state index contributed by atoms with van der Waals surface area (Å²) in [4.78, 5) is 12.2. The van der Waals surface area contributed by atoms with Crippen LogP contribution in [0.4, 0.5) is 5.82 Å². The van der Waals surface area contributed by atoms with Crippen LogP contribution in [-0.2, 0) is 11.2 Å². The molecule has 1 aromatic heterocycles. The number of para-hydroxylation sites is 1. The highest BCUT2D eigenvalue weighted by Gasteiger charge is 2.25. The lowest BCUT2D eigenvalue weighted by molar-refractivity contribution is -0.126. The molecule has 0 aliphatic carbocycles. The first-order valence-electron chi connectivity index (χ1n) is 7.75. The Morgan fingerprint density at radius 1 is 1.22 bits per heavy atom. The second kappa shape index (κ2) is 7.09. The van der Waals surface area contributed by atoms with Crippen LogP contribution in [0.2, 0.25) is 0 Å². The van der Waals surface area contributed by atoms with Crippen LogP contribution in [0.1, 0.15) is 11.3 Å². The lowest BCUT2D eigenvalue weighted by atomic mass is 9.96. The van der Waals surface area contributed by atoms with E-state index in [4.69, 9.17) is 4.74 Å². The van der Waals surface area contributed by atoms with E-state index >= 15 is 0 Å². The third-order valence-corrected chi connectivity index (χ3v) is 3.78. The van der Waals surface area contributed by atoms with Gasteiger partial charge in [0.15, 0.2) is 0 Å². The number of aromatic nitrogens is 2. The van der Waals surface area contributed by atoms with E-state index in [0.717, 1.165) is 23.4 Å². The topological polar surface area (TPSA) is 76.1 Å². The van der Waals surface area contributed by atoms with Crippen molar-refractivity contribution in [3.8, 4) is 5.75 Å². The summed E-state index contributed by atoms with van der Waals surface area (Å²) in [5, 5.41) is 14.0. The smallest absolute Gasteiger partial charge is 0.226 e. The number of anilines is 1. The third kappa shape index (κ3) is 3.97. The molecule has 0 radical (unpaired) electrons. The molecule has 1 aliphatic rings. The van der Waals surface area contributed by atoms with E-state index in [1.807, 2.05) is 43.3 Å². The highest BCUT2D eigenvalue weighted by molar-refractivity contribution is 5.79. The molecule has 120 valence electrons. The molecule has 0 saturated heterocycles. The van der Waals surface area contributed by atoms with Crippen LogP contribution in [0.5, 0.6) is 5.75 Å². The number of benzene rings is 1. The molecule has 23 heavy (non-hydrogen) atoms. The zero-order valence-electron chi connectivity index (χ0n) is 13.1. The van der Waals surface area contributed by atoms with Crippen molar-refractivity contribution >= 4 is 11.7 Å². The van der Waals surface area contributed by atoms with Crippen molar-refractivity contribution in [2.45, 2.75) is 13.3 Å². The number of hydrogen-bond acceptors (Lipinski definition) is 5. The summed E-state index contributed by atoms with van der Waals surface area (Å²) < 4.78 is 5.65. The summed E-state index contributed by atoms with van der Waals surface area (Å²) in [5.41, 5.74) is 1.97. The lowest BCUT2D eigenvalue weighted by Gasteiger charge is -2.24. The van der Waals surface area contributed by atoms with Crippen molar-refractivity contribution in [1.29, 1.82) is 0 Å². The van der Waals surface area contributed by atoms with Crippen LogP contribution in [0.15, 0.2) is 36.4 Å². The molecule has 2 aromatic rings. The number of aryl methyl sites for hydroxylation is 1. The molecule has 2 heterocycles. The minimum Gasteiger partial charge on any atom is -0.492 e. The van der Waals surface area contributed by atoms with Crippen LogP contribution in [0.25, 0.3) is 0 Å². The monoisotopic (exact) mass is 312 g/mol. The number of hydrogen-bond donors (Lipinski definition) is 2. The fourth-order valence-electron chi connectivity index (χ4n) is 2.51. The minimum absolute atomic E-state index is 0.0243. The van der Waals surface area contributed by atoms with Gasteiger partial charge in [-0.15, -0.1) is 5.10 Å². The lowest BCUT2D eigenvalue weighted by Crippen LogP contribution is -2.39. The molecule has 1 aliphatic heterocycles. The first kappa shape index (κ1) is 15.3. The number of nitrogens with zero attached hydrogens (tertiary/aromatic N) is 2. The summed E-state index contributed by atoms with van der Waals surface area (Å²) in [5.74, 6) is 1.48. The van der Waals surface area contributed by atoms with Crippen LogP contribution < -0.4 is 15.4 Å². The molecule has 2 N–H and O–H groups in total. The van der Waals surface area contributed by atoms with Crippen LogP contribution >= 0.6 is 0 Å². The number of carbonyl (C=O) groups excluding carboxylic acids is 1. The second-order valence-corrected chi connectivity index (χ2v) is 5.60. The first-order valence-corrected chi connectivity index (χ1v) is 7.75. The van der Waals surface area contributed by atoms with Crippen LogP contribution in [-0.4, -0.2) is 35.8 Å². The summed E-state index contributed by atoms with van der Waals surface area (Å²) >= 11 is 0. The van der Waals surface area contributed by atoms with E-state index in [9.17, 15) is 4.79 Å². The van der Waals surface area contributed by atoms with Crippen LogP contribution in [0.3, 0.4) is 0 Å². The highest BCUT2D eigenvalue weighted by atomic mass is 16.5. The van der Waals surface area contributed by atoms with Gasteiger partial charge in [-0.1, -0.05) is 18.2 Å². The zero-order valence-corrected chi connectivity index (χ0v) is 13.1. The number of carbonyl (C=O) groups is 1. The van der Waals surface area contributed by atoms with Gasteiger partial charge in [0.1, 0.15) is 18.2 Å². The summed E-state index contributed by atoms with van der Waals surface area (Å²) in [7, 11) is 0. The maximum atomic E-state index is 12.2. The number of amides is 1. The fourth-order valence-corrected chi connectivity index (χ4v) is 2.51. The summed E-state index contributed by atoms with van der Waals surface area (Å²) in [6.45, 7) is 3.46. The molecule has 1 amide bonds. The van der Waals surface area contributed by atoms with Gasteiger partial charge in [-0.25, -0.2) is 0 Å². The Labute approximate surface area is 135 Å². The summed E-state index contributed by atoms with van der Waals surface area (Å²) in [6, 6.07) is 11.6. The van der Waals surface area contributed by atoms with E-state index in [0.29, 0.717) is 25.5 Å². The zero-order chi connectivity index (χ0) is 16.1. The fraction of sp³-hybridized carbons (Fsp3) is 0.353. The summed E-state index contributed by atoms with van der Waals surface area (Å²) in [6.07, 6.45) is 0.721. The molecule has 1 atom stereocenters. The van der Waals surface area contributed by atoms with Gasteiger partial charge >= 0.3 is 0 Å². The molecule has 1 aromatic carbocycles. The molecule has 0 unspecified atom stereocenters. The van der Waals surface area contributed by atoms with E-state index in [1.165, 1.54) is 0 Å². The third-order valence-electron chi connectivity index (χ3n) is 3.78. The Bertz CT molecular complexity index is 673. The molecule has 0 saturated carbocycles. The van der Waals surface area contributed by atoms with Crippen molar-refractivity contribution in [3.63, 3.8) is 0 Å². The SMILES string of the molecule is Cc1ccc(NCCNC(=O)[C@H]2COc3ccccc3C2)nn1. The van der Waals surface area contributed by atoms with E-state index < -0.39 is 0 Å². The Kier molecular flexibility index (Phi) is 4.71. The minimum atomic E-state index is -0.135. The number of rotatable bonds is 5. The van der Waals surface area contributed by atoms with Gasteiger partial charge in [0.25, 0.3) is 0 Å². The van der Waals surface area contributed by atoms with Crippen molar-refractivity contribution < 1.29 is 9.53 Å². The Morgan fingerprint density at radius 3 is 2.91 bits per heavy atom. The van der Waals surface area contributed by atoms with Gasteiger partial charge in [0.05, 0.1) is 11.6 Å². The molecule has 0 bridgehead atoms. The van der Waals surface area contributed by atoms with Crippen molar-refractivity contribution in [2.24, 2.45) is 5.92 Å². The van der Waals surface area contributed by atoms with Crippen LogP contribution in [0, 0.1) is 12.8 Å². The number of nitrogens with one attached hydrogen (secondary N) is 2. The average molecular weight is 312 g/mol. The predicted octanol–water partition coefficient (Wildman–Crippen LogP) is 1.56. The molecule has 6 heteroatoms. The van der Waals surface area contributed by atoms with Crippen molar-refractivity contribution in [3.05, 3.63) is 47.7 Å². The predicted molar refractivity (Wildman–Crippen MR) is 87.4 cm³/mol. The standard InChI is InChI=1S/C17H20N4O2/c1-12-6-7-16(21-20-12)18-8-9-19-17(22)14-10-13-4-2-3-5-15(13)23-11-14/h2-7,14H,8-11H2,1H3,(H,18,21)(H,19,22)/t14-/m1/s1. The molecule has 3 rings (SSSR count). The molecular weight excluding hydrogens is 292 g/mol. The maximum Gasteiger partial charge on any atom is 0.226 e. The first-order chi connectivity index (χ1) is 11.2. The Morgan fingerprint density at radius 2 is 2.09 bits per heavy atom. The molecule has 0 fully saturated rings. The van der Waals surface area contributed by atoms with Crippen molar-refractivity contribution in [2.75, 3.05) is 25.0 Å². The van der Waals surface area contributed by atoms with E-state index in [2.05, 4.69) is 20.8 Å². The number of fused-ring (bicyclic) bond motifs is 1. The van der Waals surface area contributed by atoms with Gasteiger partial charge in [0.2, 0.25) is 5.91 Å². The Balaban J connectivity index is 1.42. The molecule has 0 spiro atoms. The maximum absolute atomic E-state index is 12.2. The number of ether oxygens (including phenoxy) is 1. The largest absolute Gasteiger partial charge is 0.492 e. The van der Waals surface area contributed by atoms with Gasteiger partial charge < -0.3 is 15.4 Å². The van der Waals surface area contributed by atoms with Gasteiger partial charge in [-0.3, -0.25) is 4.79 Å². The van der Waals surface area contributed by atoms with Crippen molar-refractivity contribution in [1.82, 2.24) is 15.5 Å². The van der Waals surface area contributed by atoms with Gasteiger partial charge in [-0.2, -0.15) is 5.10 Å². The quantitative estimate of drug-likeness (QED) is 0.820. The normalized spacial score (nSPS) is 16.1. The molecule has 6 nitrogen and oxygen atoms in total. The second-order valence-electron chi connectivity index (χ2n) is 5.60. The van der Waals surface area contributed by atoms with E-state index in [-0.39, 0.29) is 11.8 Å². The average Bonchev–Trinajstić information content (AvgIpc) is 2.59. The van der Waals surface area contributed by atoms with Gasteiger partial charge in [0, 0.05) is 13.1 Å². The van der Waals surface area contributed by atoms with E-state index in [1.54, 1.807) is 0 Å². The Hall–Kier alpha value is -2.63. The van der Waals surface area contributed by atoms with Gasteiger partial charge in [-0.05, 0) is 37.1 Å².